The number of alkyl halides is 1. The van der Waals surface area contributed by atoms with Gasteiger partial charge in [-0.3, -0.25) is 0 Å². The SMILES string of the molecule is COc1cc2c(Cl)cc(CCl)cc2s1. The van der Waals surface area contributed by atoms with Gasteiger partial charge < -0.3 is 4.74 Å². The van der Waals surface area contributed by atoms with Crippen LogP contribution in [0.4, 0.5) is 0 Å². The lowest BCUT2D eigenvalue weighted by Crippen LogP contribution is -1.76. The molecule has 14 heavy (non-hydrogen) atoms. The molecule has 0 atom stereocenters. The highest BCUT2D eigenvalue weighted by Crippen LogP contribution is 2.36. The highest BCUT2D eigenvalue weighted by molar-refractivity contribution is 7.20. The molecule has 1 aromatic heterocycles. The zero-order valence-corrected chi connectivity index (χ0v) is 9.84. The minimum Gasteiger partial charge on any atom is -0.487 e. The van der Waals surface area contributed by atoms with Crippen LogP contribution in [0.2, 0.25) is 5.02 Å². The fourth-order valence-corrected chi connectivity index (χ4v) is 2.78. The molecule has 2 rings (SSSR count). The lowest BCUT2D eigenvalue weighted by Gasteiger charge is -1.97. The van der Waals surface area contributed by atoms with Crippen LogP contribution in [0.1, 0.15) is 5.56 Å². The van der Waals surface area contributed by atoms with E-state index >= 15 is 0 Å². The summed E-state index contributed by atoms with van der Waals surface area (Å²) in [7, 11) is 1.65. The molecule has 0 spiro atoms. The number of ether oxygens (including phenoxy) is 1. The van der Waals surface area contributed by atoms with Crippen molar-refractivity contribution in [3.05, 3.63) is 28.8 Å². The summed E-state index contributed by atoms with van der Waals surface area (Å²) in [6.45, 7) is 0. The quantitative estimate of drug-likeness (QED) is 0.719. The summed E-state index contributed by atoms with van der Waals surface area (Å²) >= 11 is 13.4. The van der Waals surface area contributed by atoms with E-state index in [1.54, 1.807) is 18.4 Å². The molecule has 2 aromatic rings. The Labute approximate surface area is 96.2 Å². The normalized spacial score (nSPS) is 10.8. The Morgan fingerprint density at radius 1 is 1.36 bits per heavy atom. The molecule has 0 amide bonds. The predicted molar refractivity (Wildman–Crippen MR) is 62.9 cm³/mol. The van der Waals surface area contributed by atoms with Gasteiger partial charge in [-0.1, -0.05) is 22.9 Å². The number of rotatable bonds is 2. The van der Waals surface area contributed by atoms with E-state index in [-0.39, 0.29) is 0 Å². The first-order valence-corrected chi connectivity index (χ1v) is 5.79. The van der Waals surface area contributed by atoms with Crippen molar-refractivity contribution in [3.63, 3.8) is 0 Å². The highest BCUT2D eigenvalue weighted by atomic mass is 35.5. The summed E-state index contributed by atoms with van der Waals surface area (Å²) in [5, 5.41) is 2.63. The van der Waals surface area contributed by atoms with Gasteiger partial charge in [0.25, 0.3) is 0 Å². The van der Waals surface area contributed by atoms with Gasteiger partial charge in [0.1, 0.15) is 0 Å². The molecular weight excluding hydrogens is 239 g/mol. The third kappa shape index (κ3) is 1.70. The van der Waals surface area contributed by atoms with Crippen LogP contribution in [0.5, 0.6) is 5.06 Å². The van der Waals surface area contributed by atoms with E-state index in [9.17, 15) is 0 Å². The number of fused-ring (bicyclic) bond motifs is 1. The van der Waals surface area contributed by atoms with E-state index in [0.717, 1.165) is 25.7 Å². The Kier molecular flexibility index (Phi) is 2.86. The molecule has 0 unspecified atom stereocenters. The Morgan fingerprint density at radius 2 is 2.14 bits per heavy atom. The van der Waals surface area contributed by atoms with Crippen LogP contribution in [-0.4, -0.2) is 7.11 Å². The zero-order valence-electron chi connectivity index (χ0n) is 7.51. The minimum atomic E-state index is 0.482. The van der Waals surface area contributed by atoms with E-state index in [4.69, 9.17) is 27.9 Å². The minimum absolute atomic E-state index is 0.482. The number of methoxy groups -OCH3 is 1. The molecule has 0 saturated carbocycles. The van der Waals surface area contributed by atoms with Gasteiger partial charge in [0.05, 0.1) is 7.11 Å². The molecule has 4 heteroatoms. The average molecular weight is 247 g/mol. The molecule has 0 aliphatic rings. The third-order valence-electron chi connectivity index (χ3n) is 1.98. The predicted octanol–water partition coefficient (Wildman–Crippen LogP) is 4.30. The summed E-state index contributed by atoms with van der Waals surface area (Å²) in [4.78, 5) is 0. The van der Waals surface area contributed by atoms with Crippen molar-refractivity contribution in [2.45, 2.75) is 5.88 Å². The molecule has 0 aliphatic carbocycles. The van der Waals surface area contributed by atoms with Crippen molar-refractivity contribution in [2.75, 3.05) is 7.11 Å². The van der Waals surface area contributed by atoms with Gasteiger partial charge in [-0.15, -0.1) is 11.6 Å². The molecule has 0 saturated heterocycles. The van der Waals surface area contributed by atoms with Crippen LogP contribution in [0.3, 0.4) is 0 Å². The van der Waals surface area contributed by atoms with Crippen LogP contribution in [0, 0.1) is 0 Å². The lowest BCUT2D eigenvalue weighted by atomic mass is 10.2. The number of hydrogen-bond donors (Lipinski definition) is 0. The number of benzene rings is 1. The molecule has 1 aromatic carbocycles. The summed E-state index contributed by atoms with van der Waals surface area (Å²) in [5.74, 6) is 0.482. The maximum absolute atomic E-state index is 6.10. The fourth-order valence-electron chi connectivity index (χ4n) is 1.30. The molecular formula is C10H8Cl2OS. The van der Waals surface area contributed by atoms with E-state index in [2.05, 4.69) is 0 Å². The molecule has 1 heterocycles. The smallest absolute Gasteiger partial charge is 0.174 e. The Bertz CT molecular complexity index is 464. The number of hydrogen-bond acceptors (Lipinski definition) is 2. The van der Waals surface area contributed by atoms with Gasteiger partial charge in [0, 0.05) is 27.1 Å². The summed E-state index contributed by atoms with van der Waals surface area (Å²) < 4.78 is 6.27. The van der Waals surface area contributed by atoms with Crippen molar-refractivity contribution in [1.29, 1.82) is 0 Å². The van der Waals surface area contributed by atoms with Crippen molar-refractivity contribution in [1.82, 2.24) is 0 Å². The van der Waals surface area contributed by atoms with E-state index in [1.807, 2.05) is 18.2 Å². The second-order valence-corrected chi connectivity index (χ2v) is 4.61. The van der Waals surface area contributed by atoms with Gasteiger partial charge in [0.15, 0.2) is 5.06 Å². The maximum atomic E-state index is 6.10. The first-order valence-electron chi connectivity index (χ1n) is 4.06. The van der Waals surface area contributed by atoms with Crippen molar-refractivity contribution >= 4 is 44.6 Å². The third-order valence-corrected chi connectivity index (χ3v) is 3.64. The summed E-state index contributed by atoms with van der Waals surface area (Å²) in [5.41, 5.74) is 1.04. The van der Waals surface area contributed by atoms with Gasteiger partial charge in [0.2, 0.25) is 0 Å². The molecule has 0 aliphatic heterocycles. The summed E-state index contributed by atoms with van der Waals surface area (Å²) in [6, 6.07) is 5.88. The molecule has 1 nitrogen and oxygen atoms in total. The van der Waals surface area contributed by atoms with Crippen LogP contribution >= 0.6 is 34.5 Å². The Hall–Kier alpha value is -0.440. The monoisotopic (exact) mass is 246 g/mol. The van der Waals surface area contributed by atoms with Gasteiger partial charge in [-0.25, -0.2) is 0 Å². The van der Waals surface area contributed by atoms with E-state index in [0.29, 0.717) is 5.88 Å². The zero-order chi connectivity index (χ0) is 10.1. The van der Waals surface area contributed by atoms with Crippen molar-refractivity contribution < 1.29 is 4.74 Å². The second-order valence-electron chi connectivity index (χ2n) is 2.89. The van der Waals surface area contributed by atoms with Crippen molar-refractivity contribution in [2.24, 2.45) is 0 Å². The summed E-state index contributed by atoms with van der Waals surface area (Å²) in [6.07, 6.45) is 0. The fraction of sp³-hybridized carbons (Fsp3) is 0.200. The van der Waals surface area contributed by atoms with Crippen LogP contribution in [0.25, 0.3) is 10.1 Å². The average Bonchev–Trinajstić information content (AvgIpc) is 2.61. The van der Waals surface area contributed by atoms with Gasteiger partial charge >= 0.3 is 0 Å². The van der Waals surface area contributed by atoms with Crippen LogP contribution < -0.4 is 4.74 Å². The maximum Gasteiger partial charge on any atom is 0.174 e. The Morgan fingerprint density at radius 3 is 2.79 bits per heavy atom. The first kappa shape index (κ1) is 10.1. The van der Waals surface area contributed by atoms with Crippen molar-refractivity contribution in [3.8, 4) is 5.06 Å². The Balaban J connectivity index is 2.67. The topological polar surface area (TPSA) is 9.23 Å². The van der Waals surface area contributed by atoms with Gasteiger partial charge in [-0.2, -0.15) is 0 Å². The highest BCUT2D eigenvalue weighted by Gasteiger charge is 2.06. The standard InChI is InChI=1S/C10H8Cl2OS/c1-13-10-4-7-8(12)2-6(5-11)3-9(7)14-10/h2-4H,5H2,1H3. The van der Waals surface area contributed by atoms with Crippen LogP contribution in [-0.2, 0) is 5.88 Å². The van der Waals surface area contributed by atoms with Gasteiger partial charge in [-0.05, 0) is 17.7 Å². The molecule has 74 valence electrons. The van der Waals surface area contributed by atoms with E-state index < -0.39 is 0 Å². The number of halogens is 2. The molecule has 0 bridgehead atoms. The van der Waals surface area contributed by atoms with Crippen LogP contribution in [0.15, 0.2) is 18.2 Å². The number of thiophene rings is 1. The molecule has 0 fully saturated rings. The van der Waals surface area contributed by atoms with E-state index in [1.165, 1.54) is 0 Å². The molecule has 0 radical (unpaired) electrons. The molecule has 0 N–H and O–H groups in total. The first-order chi connectivity index (χ1) is 6.74. The largest absolute Gasteiger partial charge is 0.487 e. The second kappa shape index (κ2) is 3.97. The lowest BCUT2D eigenvalue weighted by molar-refractivity contribution is 0.427.